The SMILES string of the molecule is COC1(CCC=C(C)C)CCC1. The highest BCUT2D eigenvalue weighted by molar-refractivity contribution is 4.97. The van der Waals surface area contributed by atoms with Gasteiger partial charge in [-0.2, -0.15) is 0 Å². The van der Waals surface area contributed by atoms with Crippen LogP contribution in [0.5, 0.6) is 0 Å². The van der Waals surface area contributed by atoms with Gasteiger partial charge in [0.2, 0.25) is 0 Å². The molecular formula is C11H20O. The van der Waals surface area contributed by atoms with E-state index >= 15 is 0 Å². The van der Waals surface area contributed by atoms with Crippen molar-refractivity contribution < 1.29 is 4.74 Å². The highest BCUT2D eigenvalue weighted by Crippen LogP contribution is 2.38. The molecule has 1 saturated carbocycles. The number of hydrogen-bond donors (Lipinski definition) is 0. The Kier molecular flexibility index (Phi) is 3.33. The molecule has 0 amide bonds. The Morgan fingerprint density at radius 3 is 2.42 bits per heavy atom. The Morgan fingerprint density at radius 2 is 2.08 bits per heavy atom. The van der Waals surface area contributed by atoms with Gasteiger partial charge in [0, 0.05) is 7.11 Å². The Bertz CT molecular complexity index is 156. The van der Waals surface area contributed by atoms with Gasteiger partial charge in [0.1, 0.15) is 0 Å². The van der Waals surface area contributed by atoms with Crippen molar-refractivity contribution in [1.82, 2.24) is 0 Å². The van der Waals surface area contributed by atoms with Crippen LogP contribution in [-0.2, 0) is 4.74 Å². The predicted octanol–water partition coefficient (Wildman–Crippen LogP) is 3.30. The predicted molar refractivity (Wildman–Crippen MR) is 52.3 cm³/mol. The largest absolute Gasteiger partial charge is 0.378 e. The third-order valence-electron chi connectivity index (χ3n) is 2.85. The van der Waals surface area contributed by atoms with Crippen LogP contribution < -0.4 is 0 Å². The molecular weight excluding hydrogens is 148 g/mol. The molecule has 12 heavy (non-hydrogen) atoms. The van der Waals surface area contributed by atoms with E-state index in [-0.39, 0.29) is 5.60 Å². The minimum atomic E-state index is 0.256. The average molecular weight is 168 g/mol. The van der Waals surface area contributed by atoms with Crippen LogP contribution in [0.1, 0.15) is 46.0 Å². The topological polar surface area (TPSA) is 9.23 Å². The highest BCUT2D eigenvalue weighted by atomic mass is 16.5. The first-order valence-corrected chi connectivity index (χ1v) is 4.87. The summed E-state index contributed by atoms with van der Waals surface area (Å²) >= 11 is 0. The summed E-state index contributed by atoms with van der Waals surface area (Å²) in [7, 11) is 1.85. The van der Waals surface area contributed by atoms with E-state index in [1.807, 2.05) is 7.11 Å². The molecule has 1 rings (SSSR count). The summed E-state index contributed by atoms with van der Waals surface area (Å²) in [6.07, 6.45) is 8.56. The molecule has 1 aliphatic rings. The van der Waals surface area contributed by atoms with Crippen molar-refractivity contribution >= 4 is 0 Å². The van der Waals surface area contributed by atoms with Gasteiger partial charge in [-0.1, -0.05) is 11.6 Å². The van der Waals surface area contributed by atoms with Crippen LogP contribution in [-0.4, -0.2) is 12.7 Å². The number of methoxy groups -OCH3 is 1. The maximum Gasteiger partial charge on any atom is 0.0681 e. The fourth-order valence-corrected chi connectivity index (χ4v) is 1.75. The normalized spacial score (nSPS) is 19.9. The van der Waals surface area contributed by atoms with E-state index in [0.29, 0.717) is 0 Å². The van der Waals surface area contributed by atoms with E-state index in [0.717, 1.165) is 0 Å². The van der Waals surface area contributed by atoms with Crippen LogP contribution in [0.4, 0.5) is 0 Å². The minimum Gasteiger partial charge on any atom is -0.378 e. The lowest BCUT2D eigenvalue weighted by atomic mass is 9.77. The zero-order valence-corrected chi connectivity index (χ0v) is 8.52. The van der Waals surface area contributed by atoms with Gasteiger partial charge in [0.15, 0.2) is 0 Å². The van der Waals surface area contributed by atoms with Crippen molar-refractivity contribution in [2.45, 2.75) is 51.6 Å². The molecule has 0 heterocycles. The lowest BCUT2D eigenvalue weighted by Gasteiger charge is -2.40. The van der Waals surface area contributed by atoms with Gasteiger partial charge >= 0.3 is 0 Å². The van der Waals surface area contributed by atoms with Crippen LogP contribution in [0.2, 0.25) is 0 Å². The van der Waals surface area contributed by atoms with Gasteiger partial charge in [-0.15, -0.1) is 0 Å². The van der Waals surface area contributed by atoms with Gasteiger partial charge < -0.3 is 4.74 Å². The van der Waals surface area contributed by atoms with Gasteiger partial charge in [0.25, 0.3) is 0 Å². The van der Waals surface area contributed by atoms with Crippen molar-refractivity contribution in [1.29, 1.82) is 0 Å². The number of hydrogen-bond acceptors (Lipinski definition) is 1. The molecule has 0 radical (unpaired) electrons. The standard InChI is InChI=1S/C11H20O/c1-10(2)6-4-7-11(12-3)8-5-9-11/h6H,4-5,7-9H2,1-3H3. The fourth-order valence-electron chi connectivity index (χ4n) is 1.75. The number of allylic oxidation sites excluding steroid dienone is 2. The summed E-state index contributed by atoms with van der Waals surface area (Å²) in [4.78, 5) is 0. The zero-order valence-electron chi connectivity index (χ0n) is 8.52. The molecule has 0 aromatic carbocycles. The van der Waals surface area contributed by atoms with E-state index in [9.17, 15) is 0 Å². The van der Waals surface area contributed by atoms with Crippen molar-refractivity contribution in [3.8, 4) is 0 Å². The molecule has 70 valence electrons. The van der Waals surface area contributed by atoms with E-state index in [1.54, 1.807) is 0 Å². The molecule has 0 aromatic heterocycles. The number of ether oxygens (including phenoxy) is 1. The molecule has 0 aliphatic heterocycles. The summed E-state index contributed by atoms with van der Waals surface area (Å²) < 4.78 is 5.53. The van der Waals surface area contributed by atoms with Crippen molar-refractivity contribution in [2.24, 2.45) is 0 Å². The van der Waals surface area contributed by atoms with E-state index < -0.39 is 0 Å². The second-order valence-corrected chi connectivity index (χ2v) is 4.06. The van der Waals surface area contributed by atoms with Crippen LogP contribution in [0, 0.1) is 0 Å². The van der Waals surface area contributed by atoms with Gasteiger partial charge in [-0.05, 0) is 46.0 Å². The smallest absolute Gasteiger partial charge is 0.0681 e. The second kappa shape index (κ2) is 4.08. The van der Waals surface area contributed by atoms with E-state index in [4.69, 9.17) is 4.74 Å². The summed E-state index contributed by atoms with van der Waals surface area (Å²) in [5, 5.41) is 0. The van der Waals surface area contributed by atoms with E-state index in [1.165, 1.54) is 37.7 Å². The quantitative estimate of drug-likeness (QED) is 0.585. The Hall–Kier alpha value is -0.300. The second-order valence-electron chi connectivity index (χ2n) is 4.06. The maximum atomic E-state index is 5.53. The first-order chi connectivity index (χ1) is 5.68. The Balaban J connectivity index is 2.25. The van der Waals surface area contributed by atoms with Crippen LogP contribution in [0.25, 0.3) is 0 Å². The fraction of sp³-hybridized carbons (Fsp3) is 0.818. The molecule has 0 bridgehead atoms. The number of rotatable bonds is 4. The Morgan fingerprint density at radius 1 is 1.42 bits per heavy atom. The average Bonchev–Trinajstić information content (AvgIpc) is 1.94. The van der Waals surface area contributed by atoms with E-state index in [2.05, 4.69) is 19.9 Å². The lowest BCUT2D eigenvalue weighted by molar-refractivity contribution is -0.0767. The highest BCUT2D eigenvalue weighted by Gasteiger charge is 2.35. The van der Waals surface area contributed by atoms with Crippen molar-refractivity contribution in [3.05, 3.63) is 11.6 Å². The van der Waals surface area contributed by atoms with Gasteiger partial charge in [0.05, 0.1) is 5.60 Å². The maximum absolute atomic E-state index is 5.53. The summed E-state index contributed by atoms with van der Waals surface area (Å²) in [6, 6.07) is 0. The molecule has 0 saturated heterocycles. The molecule has 1 heteroatoms. The van der Waals surface area contributed by atoms with Crippen LogP contribution in [0.15, 0.2) is 11.6 Å². The minimum absolute atomic E-state index is 0.256. The molecule has 0 atom stereocenters. The van der Waals surface area contributed by atoms with Gasteiger partial charge in [-0.25, -0.2) is 0 Å². The third kappa shape index (κ3) is 2.34. The summed E-state index contributed by atoms with van der Waals surface area (Å²) in [6.45, 7) is 4.31. The third-order valence-corrected chi connectivity index (χ3v) is 2.85. The summed E-state index contributed by atoms with van der Waals surface area (Å²) in [5.41, 5.74) is 1.67. The van der Waals surface area contributed by atoms with Crippen LogP contribution >= 0.6 is 0 Å². The lowest BCUT2D eigenvalue weighted by Crippen LogP contribution is -2.38. The first kappa shape index (κ1) is 9.79. The Labute approximate surface area is 75.8 Å². The zero-order chi connectivity index (χ0) is 9.03. The molecule has 1 nitrogen and oxygen atoms in total. The molecule has 0 aromatic rings. The molecule has 0 N–H and O–H groups in total. The first-order valence-electron chi connectivity index (χ1n) is 4.87. The molecule has 0 unspecified atom stereocenters. The van der Waals surface area contributed by atoms with Crippen LogP contribution in [0.3, 0.4) is 0 Å². The van der Waals surface area contributed by atoms with Crippen molar-refractivity contribution in [2.75, 3.05) is 7.11 Å². The van der Waals surface area contributed by atoms with Crippen molar-refractivity contribution in [3.63, 3.8) is 0 Å². The molecule has 1 aliphatic carbocycles. The molecule has 0 spiro atoms. The van der Waals surface area contributed by atoms with Gasteiger partial charge in [-0.3, -0.25) is 0 Å². The summed E-state index contributed by atoms with van der Waals surface area (Å²) in [5.74, 6) is 0. The monoisotopic (exact) mass is 168 g/mol. The molecule has 1 fully saturated rings.